The van der Waals surface area contributed by atoms with Crippen LogP contribution in [-0.2, 0) is 26.2 Å². The second-order valence-corrected chi connectivity index (χ2v) is 9.57. The summed E-state index contributed by atoms with van der Waals surface area (Å²) >= 11 is 6.07. The summed E-state index contributed by atoms with van der Waals surface area (Å²) in [5.41, 5.74) is 1.12. The highest BCUT2D eigenvalue weighted by Gasteiger charge is 2.29. The van der Waals surface area contributed by atoms with E-state index in [4.69, 9.17) is 11.6 Å². The molecule has 0 heterocycles. The highest BCUT2D eigenvalue weighted by Crippen LogP contribution is 2.19. The van der Waals surface area contributed by atoms with Crippen LogP contribution in [0.2, 0.25) is 5.02 Å². The molecule has 9 heteroatoms. The number of hydrogen-bond acceptors (Lipinski definition) is 4. The van der Waals surface area contributed by atoms with Gasteiger partial charge in [-0.05, 0) is 43.2 Å². The number of hydrogen-bond donors (Lipinski definition) is 1. The molecular weight excluding hydrogens is 438 g/mol. The van der Waals surface area contributed by atoms with E-state index >= 15 is 0 Å². The number of nitrogens with one attached hydrogen (secondary N) is 1. The fraction of sp³-hybridized carbons (Fsp3) is 0.364. The summed E-state index contributed by atoms with van der Waals surface area (Å²) in [4.78, 5) is 27.3. The Hall–Kier alpha value is -2.58. The third-order valence-electron chi connectivity index (χ3n) is 4.68. The first-order valence-corrected chi connectivity index (χ1v) is 12.2. The van der Waals surface area contributed by atoms with Crippen molar-refractivity contribution in [2.24, 2.45) is 0 Å². The fourth-order valence-corrected chi connectivity index (χ4v) is 4.08. The van der Waals surface area contributed by atoms with Crippen LogP contribution in [0.4, 0.5) is 5.69 Å². The largest absolute Gasteiger partial charge is 0.354 e. The van der Waals surface area contributed by atoms with Crippen molar-refractivity contribution in [3.8, 4) is 0 Å². The molecule has 0 aliphatic rings. The van der Waals surface area contributed by atoms with Gasteiger partial charge in [0.1, 0.15) is 12.6 Å². The van der Waals surface area contributed by atoms with Crippen molar-refractivity contribution in [3.05, 3.63) is 65.2 Å². The number of halogens is 1. The Bertz CT molecular complexity index is 999. The maximum Gasteiger partial charge on any atom is 0.244 e. The van der Waals surface area contributed by atoms with E-state index in [0.717, 1.165) is 22.5 Å². The summed E-state index contributed by atoms with van der Waals surface area (Å²) in [6.45, 7) is 3.74. The second kappa shape index (κ2) is 11.2. The van der Waals surface area contributed by atoms with Gasteiger partial charge in [-0.3, -0.25) is 13.9 Å². The van der Waals surface area contributed by atoms with E-state index in [1.165, 1.54) is 4.90 Å². The van der Waals surface area contributed by atoms with Gasteiger partial charge in [0.2, 0.25) is 21.8 Å². The quantitative estimate of drug-likeness (QED) is 0.584. The molecule has 0 unspecified atom stereocenters. The molecule has 0 aliphatic heterocycles. The zero-order valence-corrected chi connectivity index (χ0v) is 19.5. The molecule has 2 aromatic rings. The molecule has 168 valence electrons. The van der Waals surface area contributed by atoms with Crippen LogP contribution in [0.3, 0.4) is 0 Å². The maximum atomic E-state index is 13.3. The van der Waals surface area contributed by atoms with Crippen molar-refractivity contribution in [2.45, 2.75) is 32.9 Å². The molecule has 7 nitrogen and oxygen atoms in total. The number of nitrogens with zero attached hydrogens (tertiary/aromatic N) is 2. The first-order valence-electron chi connectivity index (χ1n) is 9.98. The van der Waals surface area contributed by atoms with Crippen LogP contribution < -0.4 is 9.62 Å². The number of carbonyl (C=O) groups is 2. The molecule has 2 aromatic carbocycles. The molecule has 2 amide bonds. The van der Waals surface area contributed by atoms with Crippen LogP contribution in [0.25, 0.3) is 0 Å². The Morgan fingerprint density at radius 1 is 1.10 bits per heavy atom. The number of amides is 2. The van der Waals surface area contributed by atoms with E-state index in [9.17, 15) is 18.0 Å². The number of anilines is 1. The van der Waals surface area contributed by atoms with E-state index in [-0.39, 0.29) is 12.5 Å². The van der Waals surface area contributed by atoms with Crippen LogP contribution in [0.15, 0.2) is 54.6 Å². The van der Waals surface area contributed by atoms with Crippen molar-refractivity contribution in [3.63, 3.8) is 0 Å². The zero-order chi connectivity index (χ0) is 23.0. The Labute approximate surface area is 189 Å². The second-order valence-electron chi connectivity index (χ2n) is 7.22. The van der Waals surface area contributed by atoms with Gasteiger partial charge in [0.15, 0.2) is 0 Å². The van der Waals surface area contributed by atoms with Gasteiger partial charge in [0, 0.05) is 18.1 Å². The number of sulfonamides is 1. The number of benzene rings is 2. The van der Waals surface area contributed by atoms with E-state index in [0.29, 0.717) is 17.3 Å². The zero-order valence-electron chi connectivity index (χ0n) is 17.9. The highest BCUT2D eigenvalue weighted by atomic mass is 35.5. The topological polar surface area (TPSA) is 86.8 Å². The minimum atomic E-state index is -3.72. The molecule has 31 heavy (non-hydrogen) atoms. The van der Waals surface area contributed by atoms with Crippen LogP contribution in [-0.4, -0.2) is 50.5 Å². The van der Waals surface area contributed by atoms with Crippen LogP contribution in [0.5, 0.6) is 0 Å². The summed E-state index contributed by atoms with van der Waals surface area (Å²) in [5.74, 6) is -0.795. The molecule has 0 saturated carbocycles. The summed E-state index contributed by atoms with van der Waals surface area (Å²) in [6, 6.07) is 14.6. The predicted octanol–water partition coefficient (Wildman–Crippen LogP) is 3.05. The lowest BCUT2D eigenvalue weighted by atomic mass is 10.1. The molecule has 1 N–H and O–H groups in total. The van der Waals surface area contributed by atoms with Crippen molar-refractivity contribution in [1.29, 1.82) is 0 Å². The van der Waals surface area contributed by atoms with E-state index < -0.39 is 28.5 Å². The lowest BCUT2D eigenvalue weighted by Crippen LogP contribution is -2.51. The number of rotatable bonds is 10. The van der Waals surface area contributed by atoms with Gasteiger partial charge in [-0.1, -0.05) is 48.9 Å². The molecule has 2 rings (SSSR count). The fourth-order valence-electron chi connectivity index (χ4n) is 3.02. The molecule has 0 saturated heterocycles. The summed E-state index contributed by atoms with van der Waals surface area (Å²) in [6.07, 6.45) is 1.81. The number of carbonyl (C=O) groups excluding carboxylic acids is 2. The van der Waals surface area contributed by atoms with Gasteiger partial charge in [0.05, 0.1) is 11.9 Å². The van der Waals surface area contributed by atoms with Crippen molar-refractivity contribution in [1.82, 2.24) is 10.2 Å². The van der Waals surface area contributed by atoms with Gasteiger partial charge in [0.25, 0.3) is 0 Å². The predicted molar refractivity (Wildman–Crippen MR) is 123 cm³/mol. The lowest BCUT2D eigenvalue weighted by Gasteiger charge is -2.31. The Kier molecular flexibility index (Phi) is 8.88. The molecule has 1 atom stereocenters. The SMILES string of the molecule is CCCNC(=O)[C@H](C)N(Cc1cccc(Cl)c1)C(=O)CN(c1ccccc1)S(C)(=O)=O. The molecule has 0 fully saturated rings. The molecule has 0 spiro atoms. The lowest BCUT2D eigenvalue weighted by molar-refractivity contribution is -0.139. The van der Waals surface area contributed by atoms with Gasteiger partial charge in [-0.25, -0.2) is 8.42 Å². The smallest absolute Gasteiger partial charge is 0.244 e. The summed E-state index contributed by atoms with van der Waals surface area (Å²) < 4.78 is 25.8. The normalized spacial score (nSPS) is 12.1. The maximum absolute atomic E-state index is 13.3. The summed E-state index contributed by atoms with van der Waals surface area (Å²) in [7, 11) is -3.72. The third kappa shape index (κ3) is 7.25. The first kappa shape index (κ1) is 24.7. The third-order valence-corrected chi connectivity index (χ3v) is 6.06. The van der Waals surface area contributed by atoms with E-state index in [1.807, 2.05) is 6.92 Å². The van der Waals surface area contributed by atoms with Crippen molar-refractivity contribution < 1.29 is 18.0 Å². The van der Waals surface area contributed by atoms with Gasteiger partial charge in [-0.2, -0.15) is 0 Å². The monoisotopic (exact) mass is 465 g/mol. The molecule has 0 aliphatic carbocycles. The standard InChI is InChI=1S/C22H28ClN3O4S/c1-4-13-24-22(28)17(2)25(15-18-9-8-10-19(23)14-18)21(27)16-26(31(3,29)30)20-11-6-5-7-12-20/h5-12,14,17H,4,13,15-16H2,1-3H3,(H,24,28)/t17-/m0/s1. The van der Waals surface area contributed by atoms with E-state index in [1.54, 1.807) is 61.5 Å². The Balaban J connectivity index is 2.34. The van der Waals surface area contributed by atoms with Crippen molar-refractivity contribution in [2.75, 3.05) is 23.7 Å². The summed E-state index contributed by atoms with van der Waals surface area (Å²) in [5, 5.41) is 3.30. The Morgan fingerprint density at radius 2 is 1.77 bits per heavy atom. The number of para-hydroxylation sites is 1. The molecule has 0 bridgehead atoms. The first-order chi connectivity index (χ1) is 14.6. The average molecular weight is 466 g/mol. The van der Waals surface area contributed by atoms with E-state index in [2.05, 4.69) is 5.32 Å². The van der Waals surface area contributed by atoms with Gasteiger partial charge < -0.3 is 10.2 Å². The van der Waals surface area contributed by atoms with Crippen LogP contribution in [0, 0.1) is 0 Å². The molecular formula is C22H28ClN3O4S. The van der Waals surface area contributed by atoms with Crippen molar-refractivity contribution >= 4 is 39.1 Å². The van der Waals surface area contributed by atoms with Crippen LogP contribution in [0.1, 0.15) is 25.8 Å². The average Bonchev–Trinajstić information content (AvgIpc) is 2.73. The highest BCUT2D eigenvalue weighted by molar-refractivity contribution is 7.92. The van der Waals surface area contributed by atoms with Crippen LogP contribution >= 0.6 is 11.6 Å². The minimum absolute atomic E-state index is 0.118. The molecule has 0 radical (unpaired) electrons. The Morgan fingerprint density at radius 3 is 2.35 bits per heavy atom. The van der Waals surface area contributed by atoms with Gasteiger partial charge >= 0.3 is 0 Å². The molecule has 0 aromatic heterocycles. The van der Waals surface area contributed by atoms with Gasteiger partial charge in [-0.15, -0.1) is 0 Å². The minimum Gasteiger partial charge on any atom is -0.354 e.